The van der Waals surface area contributed by atoms with Crippen LogP contribution in [0.1, 0.15) is 45.0 Å². The minimum atomic E-state index is -0.724. The number of halogens is 1. The molecule has 0 aliphatic carbocycles. The van der Waals surface area contributed by atoms with Crippen LogP contribution in [0.4, 0.5) is 9.18 Å². The Kier molecular flexibility index (Phi) is 5.75. The zero-order valence-corrected chi connectivity index (χ0v) is 14.6. The van der Waals surface area contributed by atoms with Crippen molar-refractivity contribution in [1.82, 2.24) is 10.2 Å². The first-order chi connectivity index (χ1) is 10.4. The highest BCUT2D eigenvalue weighted by atomic mass is 19.1. The van der Waals surface area contributed by atoms with Gasteiger partial charge < -0.3 is 15.0 Å². The summed E-state index contributed by atoms with van der Waals surface area (Å²) in [4.78, 5) is 25.5. The van der Waals surface area contributed by atoms with Crippen LogP contribution >= 0.6 is 0 Å². The molecule has 0 aromatic heterocycles. The Morgan fingerprint density at radius 3 is 2.26 bits per heavy atom. The Morgan fingerprint density at radius 2 is 1.74 bits per heavy atom. The minimum Gasteiger partial charge on any atom is -0.444 e. The lowest BCUT2D eigenvalue weighted by Crippen LogP contribution is -2.53. The highest BCUT2D eigenvalue weighted by Gasteiger charge is 2.28. The molecule has 0 spiro atoms. The fourth-order valence-electron chi connectivity index (χ4n) is 2.12. The van der Waals surface area contributed by atoms with E-state index in [1.54, 1.807) is 47.7 Å². The number of ether oxygens (including phenoxy) is 1. The van der Waals surface area contributed by atoms with Crippen molar-refractivity contribution in [3.05, 3.63) is 35.6 Å². The Hall–Kier alpha value is -2.11. The summed E-state index contributed by atoms with van der Waals surface area (Å²) in [6, 6.07) is 5.81. The van der Waals surface area contributed by atoms with Gasteiger partial charge in [0, 0.05) is 13.6 Å². The van der Waals surface area contributed by atoms with Crippen LogP contribution in [0.3, 0.4) is 0 Å². The van der Waals surface area contributed by atoms with Gasteiger partial charge in [0.05, 0.1) is 11.1 Å². The summed E-state index contributed by atoms with van der Waals surface area (Å²) < 4.78 is 18.9. The molecule has 1 rings (SSSR count). The first kappa shape index (κ1) is 18.9. The van der Waals surface area contributed by atoms with Crippen molar-refractivity contribution in [2.45, 2.75) is 45.8 Å². The summed E-state index contributed by atoms with van der Waals surface area (Å²) in [6.07, 6.45) is -0.561. The molecule has 0 saturated carbocycles. The van der Waals surface area contributed by atoms with Gasteiger partial charge in [-0.25, -0.2) is 9.18 Å². The van der Waals surface area contributed by atoms with Crippen LogP contribution in [0.2, 0.25) is 0 Å². The van der Waals surface area contributed by atoms with Crippen molar-refractivity contribution >= 4 is 12.0 Å². The summed E-state index contributed by atoms with van der Waals surface area (Å²) in [5.74, 6) is -1.01. The number of hydrogen-bond donors (Lipinski definition) is 1. The van der Waals surface area contributed by atoms with E-state index in [4.69, 9.17) is 4.74 Å². The topological polar surface area (TPSA) is 58.6 Å². The van der Waals surface area contributed by atoms with Gasteiger partial charge in [-0.3, -0.25) is 4.79 Å². The van der Waals surface area contributed by atoms with Crippen molar-refractivity contribution in [2.75, 3.05) is 13.6 Å². The molecule has 6 heteroatoms. The van der Waals surface area contributed by atoms with E-state index >= 15 is 0 Å². The average Bonchev–Trinajstić information content (AvgIpc) is 2.34. The SMILES string of the molecule is CN(CC(C)(C)NC(=O)OC(C)(C)C)C(=O)c1ccccc1F. The Balaban J connectivity index is 2.71. The zero-order valence-electron chi connectivity index (χ0n) is 14.6. The molecule has 0 bridgehead atoms. The number of nitrogens with zero attached hydrogens (tertiary/aromatic N) is 1. The summed E-state index contributed by atoms with van der Waals surface area (Å²) in [7, 11) is 1.56. The number of alkyl carbamates (subject to hydrolysis) is 1. The van der Waals surface area contributed by atoms with Crippen molar-refractivity contribution in [3.8, 4) is 0 Å². The van der Waals surface area contributed by atoms with Crippen LogP contribution < -0.4 is 5.32 Å². The van der Waals surface area contributed by atoms with E-state index in [1.807, 2.05) is 0 Å². The molecule has 0 atom stereocenters. The molecule has 5 nitrogen and oxygen atoms in total. The van der Waals surface area contributed by atoms with Crippen LogP contribution in [0.5, 0.6) is 0 Å². The molecule has 1 aromatic rings. The molecule has 0 fully saturated rings. The monoisotopic (exact) mass is 324 g/mol. The predicted octanol–water partition coefficient (Wildman–Crippen LogP) is 3.20. The number of rotatable bonds is 4. The van der Waals surface area contributed by atoms with Gasteiger partial charge in [0.15, 0.2) is 0 Å². The molecule has 1 aromatic carbocycles. The summed E-state index contributed by atoms with van der Waals surface area (Å²) in [5.41, 5.74) is -1.32. The number of hydrogen-bond acceptors (Lipinski definition) is 3. The zero-order chi connectivity index (χ0) is 17.8. The van der Waals surface area contributed by atoms with Crippen molar-refractivity contribution < 1.29 is 18.7 Å². The van der Waals surface area contributed by atoms with E-state index in [1.165, 1.54) is 23.1 Å². The molecule has 0 aliphatic rings. The summed E-state index contributed by atoms with van der Waals surface area (Å²) in [6.45, 7) is 9.05. The van der Waals surface area contributed by atoms with E-state index in [0.717, 1.165) is 0 Å². The average molecular weight is 324 g/mol. The number of benzene rings is 1. The van der Waals surface area contributed by atoms with E-state index in [-0.39, 0.29) is 12.1 Å². The Labute approximate surface area is 136 Å². The van der Waals surface area contributed by atoms with E-state index in [9.17, 15) is 14.0 Å². The van der Waals surface area contributed by atoms with Crippen LogP contribution in [0.25, 0.3) is 0 Å². The number of likely N-dealkylation sites (N-methyl/N-ethyl adjacent to an activating group) is 1. The number of amides is 2. The van der Waals surface area contributed by atoms with Gasteiger partial charge in [-0.2, -0.15) is 0 Å². The molecule has 0 aliphatic heterocycles. The fourth-order valence-corrected chi connectivity index (χ4v) is 2.12. The molecule has 0 heterocycles. The molecule has 2 amide bonds. The lowest BCUT2D eigenvalue weighted by atomic mass is 10.0. The maximum atomic E-state index is 13.7. The molecular weight excluding hydrogens is 299 g/mol. The Morgan fingerprint density at radius 1 is 1.17 bits per heavy atom. The van der Waals surface area contributed by atoms with Crippen molar-refractivity contribution in [2.24, 2.45) is 0 Å². The highest BCUT2D eigenvalue weighted by molar-refractivity contribution is 5.94. The Bertz CT molecular complexity index is 579. The molecule has 0 radical (unpaired) electrons. The van der Waals surface area contributed by atoms with Gasteiger partial charge in [0.1, 0.15) is 11.4 Å². The van der Waals surface area contributed by atoms with Gasteiger partial charge >= 0.3 is 6.09 Å². The molecule has 128 valence electrons. The number of carbonyl (C=O) groups is 2. The quantitative estimate of drug-likeness (QED) is 0.925. The summed E-state index contributed by atoms with van der Waals surface area (Å²) >= 11 is 0. The normalized spacial score (nSPS) is 11.8. The van der Waals surface area contributed by atoms with E-state index in [0.29, 0.717) is 0 Å². The fraction of sp³-hybridized carbons (Fsp3) is 0.529. The third kappa shape index (κ3) is 6.26. The second kappa shape index (κ2) is 6.98. The van der Waals surface area contributed by atoms with Gasteiger partial charge in [0.25, 0.3) is 5.91 Å². The molecule has 0 saturated heterocycles. The van der Waals surface area contributed by atoms with Gasteiger partial charge in [0.2, 0.25) is 0 Å². The first-order valence-corrected chi connectivity index (χ1v) is 7.42. The predicted molar refractivity (Wildman–Crippen MR) is 86.8 cm³/mol. The van der Waals surface area contributed by atoms with Gasteiger partial charge in [-0.05, 0) is 46.8 Å². The van der Waals surface area contributed by atoms with Gasteiger partial charge in [-0.15, -0.1) is 0 Å². The first-order valence-electron chi connectivity index (χ1n) is 7.42. The maximum Gasteiger partial charge on any atom is 0.408 e. The molecular formula is C17H25FN2O3. The van der Waals surface area contributed by atoms with E-state index in [2.05, 4.69) is 5.32 Å². The van der Waals surface area contributed by atoms with Crippen molar-refractivity contribution in [3.63, 3.8) is 0 Å². The number of nitrogens with one attached hydrogen (secondary N) is 1. The molecule has 1 N–H and O–H groups in total. The summed E-state index contributed by atoms with van der Waals surface area (Å²) in [5, 5.41) is 2.72. The van der Waals surface area contributed by atoms with Gasteiger partial charge in [-0.1, -0.05) is 12.1 Å². The largest absolute Gasteiger partial charge is 0.444 e. The minimum absolute atomic E-state index is 0.00284. The third-order valence-corrected chi connectivity index (χ3v) is 2.92. The van der Waals surface area contributed by atoms with Crippen LogP contribution in [0.15, 0.2) is 24.3 Å². The highest BCUT2D eigenvalue weighted by Crippen LogP contribution is 2.13. The maximum absolute atomic E-state index is 13.7. The number of carbonyl (C=O) groups excluding carboxylic acids is 2. The van der Waals surface area contributed by atoms with Crippen LogP contribution in [0, 0.1) is 5.82 Å². The second-order valence-electron chi connectivity index (χ2n) is 7.15. The van der Waals surface area contributed by atoms with Crippen LogP contribution in [-0.2, 0) is 4.74 Å². The second-order valence-corrected chi connectivity index (χ2v) is 7.15. The third-order valence-electron chi connectivity index (χ3n) is 2.92. The smallest absolute Gasteiger partial charge is 0.408 e. The van der Waals surface area contributed by atoms with E-state index < -0.39 is 29.0 Å². The lowest BCUT2D eigenvalue weighted by Gasteiger charge is -2.32. The molecule has 0 unspecified atom stereocenters. The molecule has 23 heavy (non-hydrogen) atoms. The van der Waals surface area contributed by atoms with Crippen LogP contribution in [-0.4, -0.2) is 41.6 Å². The standard InChI is InChI=1S/C17H25FN2O3/c1-16(2,3)23-15(22)19-17(4,5)11-20(6)14(21)12-9-7-8-10-13(12)18/h7-10H,11H2,1-6H3,(H,19,22). The van der Waals surface area contributed by atoms with Crippen molar-refractivity contribution in [1.29, 1.82) is 0 Å². The lowest BCUT2D eigenvalue weighted by molar-refractivity contribution is 0.0441.